The van der Waals surface area contributed by atoms with E-state index < -0.39 is 50.8 Å². The molecule has 1 aliphatic rings. The van der Waals surface area contributed by atoms with Gasteiger partial charge in [-0.25, -0.2) is 14.2 Å². The molecule has 6 nitrogen and oxygen atoms in total. The first-order valence-corrected chi connectivity index (χ1v) is 11.7. The molecule has 1 unspecified atom stereocenters. The van der Waals surface area contributed by atoms with Crippen molar-refractivity contribution >= 4 is 28.6 Å². The average molecular weight is 498 g/mol. The number of halogens is 4. The van der Waals surface area contributed by atoms with E-state index in [9.17, 15) is 27.2 Å². The van der Waals surface area contributed by atoms with Crippen molar-refractivity contribution in [2.24, 2.45) is 0 Å². The topological polar surface area (TPSA) is 82.4 Å². The third-order valence-corrected chi connectivity index (χ3v) is 7.99. The Morgan fingerprint density at radius 2 is 1.94 bits per heavy atom. The molecule has 1 saturated heterocycles. The van der Waals surface area contributed by atoms with Crippen molar-refractivity contribution in [1.82, 2.24) is 4.83 Å². The molecule has 3 rings (SSSR count). The van der Waals surface area contributed by atoms with Gasteiger partial charge in [0.25, 0.3) is 5.91 Å². The maximum Gasteiger partial charge on any atom is 0.417 e. The number of anilines is 1. The van der Waals surface area contributed by atoms with Gasteiger partial charge in [-0.2, -0.15) is 23.3 Å². The van der Waals surface area contributed by atoms with Crippen LogP contribution in [0.3, 0.4) is 0 Å². The second-order valence-electron chi connectivity index (χ2n) is 8.26. The minimum atomic E-state index is -4.78. The first-order valence-electron chi connectivity index (χ1n) is 10.3. The number of carbonyl (C=O) groups is 2. The van der Waals surface area contributed by atoms with Gasteiger partial charge in [-0.15, -0.1) is 11.1 Å². The molecule has 182 valence electrons. The van der Waals surface area contributed by atoms with E-state index in [0.717, 1.165) is 23.2 Å². The standard InChI is InChI=1S/C23H23F4N3O3S/c1-5-13(2)33-20(31)17-9-8-16(11-19(17)24)34-22(3,4)21(32)30(29-34)15-7-6-14(12-28)18(10-15)23(25,26)27/h6-11,13,29,34H,5H2,1-4H3/t13-/m1/s1. The van der Waals surface area contributed by atoms with Gasteiger partial charge >= 0.3 is 12.1 Å². The fourth-order valence-electron chi connectivity index (χ4n) is 3.34. The van der Waals surface area contributed by atoms with Crippen LogP contribution in [-0.2, 0) is 15.7 Å². The Labute approximate surface area is 196 Å². The third-order valence-electron chi connectivity index (χ3n) is 5.49. The van der Waals surface area contributed by atoms with Crippen LogP contribution in [0.5, 0.6) is 0 Å². The first-order chi connectivity index (χ1) is 15.8. The maximum absolute atomic E-state index is 14.8. The highest BCUT2D eigenvalue weighted by Crippen LogP contribution is 2.51. The van der Waals surface area contributed by atoms with E-state index in [-0.39, 0.29) is 17.4 Å². The number of hydrogen-bond acceptors (Lipinski definition) is 5. The van der Waals surface area contributed by atoms with Crippen LogP contribution in [0.15, 0.2) is 41.3 Å². The van der Waals surface area contributed by atoms with Gasteiger partial charge < -0.3 is 4.74 Å². The van der Waals surface area contributed by atoms with Gasteiger partial charge in [0.05, 0.1) is 39.3 Å². The predicted octanol–water partition coefficient (Wildman–Crippen LogP) is 5.28. The number of nitrogens with one attached hydrogen (secondary N) is 1. The summed E-state index contributed by atoms with van der Waals surface area (Å²) >= 11 is -1.61. The number of benzene rings is 2. The Kier molecular flexibility index (Phi) is 6.96. The Bertz CT molecular complexity index is 1180. The second kappa shape index (κ2) is 9.27. The van der Waals surface area contributed by atoms with E-state index in [1.807, 2.05) is 6.92 Å². The van der Waals surface area contributed by atoms with Crippen LogP contribution < -0.4 is 9.84 Å². The second-order valence-corrected chi connectivity index (χ2v) is 10.8. The minimum Gasteiger partial charge on any atom is -0.459 e. The number of amides is 1. The van der Waals surface area contributed by atoms with Crippen LogP contribution in [0.25, 0.3) is 0 Å². The molecule has 1 amide bonds. The van der Waals surface area contributed by atoms with E-state index in [1.165, 1.54) is 24.3 Å². The summed E-state index contributed by atoms with van der Waals surface area (Å²) in [6.45, 7) is 6.71. The molecular weight excluding hydrogens is 474 g/mol. The van der Waals surface area contributed by atoms with Crippen molar-refractivity contribution in [3.8, 4) is 6.07 Å². The monoisotopic (exact) mass is 497 g/mol. The van der Waals surface area contributed by atoms with Crippen molar-refractivity contribution in [2.75, 3.05) is 5.01 Å². The Balaban J connectivity index is 1.95. The van der Waals surface area contributed by atoms with Crippen molar-refractivity contribution in [3.05, 3.63) is 58.9 Å². The Hall–Kier alpha value is -3.10. The molecule has 34 heavy (non-hydrogen) atoms. The van der Waals surface area contributed by atoms with Crippen LogP contribution >= 0.6 is 11.1 Å². The van der Waals surface area contributed by atoms with E-state index in [1.54, 1.807) is 20.8 Å². The average Bonchev–Trinajstić information content (AvgIpc) is 3.01. The van der Waals surface area contributed by atoms with Gasteiger partial charge in [0, 0.05) is 4.90 Å². The lowest BCUT2D eigenvalue weighted by atomic mass is 10.1. The Morgan fingerprint density at radius 3 is 2.50 bits per heavy atom. The molecule has 0 saturated carbocycles. The number of ether oxygens (including phenoxy) is 1. The van der Waals surface area contributed by atoms with Crippen molar-refractivity contribution in [2.45, 2.75) is 56.0 Å². The van der Waals surface area contributed by atoms with Crippen molar-refractivity contribution in [1.29, 1.82) is 5.26 Å². The van der Waals surface area contributed by atoms with Crippen molar-refractivity contribution in [3.63, 3.8) is 0 Å². The summed E-state index contributed by atoms with van der Waals surface area (Å²) < 4.78 is 59.0. The molecular formula is C23H23F4N3O3S. The first kappa shape index (κ1) is 25.5. The molecule has 1 N–H and O–H groups in total. The molecule has 1 heterocycles. The zero-order valence-corrected chi connectivity index (χ0v) is 19.7. The molecule has 2 aromatic carbocycles. The molecule has 0 radical (unpaired) electrons. The number of hydrazine groups is 1. The summed E-state index contributed by atoms with van der Waals surface area (Å²) in [5, 5.41) is 9.99. The van der Waals surface area contributed by atoms with Crippen LogP contribution in [0.4, 0.5) is 23.2 Å². The Morgan fingerprint density at radius 1 is 1.26 bits per heavy atom. The highest BCUT2D eigenvalue weighted by atomic mass is 32.2. The van der Waals surface area contributed by atoms with Gasteiger partial charge in [-0.3, -0.25) is 4.79 Å². The molecule has 0 aromatic heterocycles. The van der Waals surface area contributed by atoms with E-state index >= 15 is 0 Å². The lowest BCUT2D eigenvalue weighted by molar-refractivity contribution is -0.137. The lowest BCUT2D eigenvalue weighted by Crippen LogP contribution is -2.38. The number of esters is 1. The molecule has 0 spiro atoms. The highest BCUT2D eigenvalue weighted by molar-refractivity contribution is 8.17. The fourth-order valence-corrected chi connectivity index (χ4v) is 5.51. The van der Waals surface area contributed by atoms with Crippen LogP contribution in [0, 0.1) is 17.1 Å². The van der Waals surface area contributed by atoms with Gasteiger partial charge in [-0.05, 0) is 63.6 Å². The van der Waals surface area contributed by atoms with Crippen molar-refractivity contribution < 1.29 is 31.9 Å². The summed E-state index contributed by atoms with van der Waals surface area (Å²) in [4.78, 5) is 28.6. The number of rotatable bonds is 5. The van der Waals surface area contributed by atoms with Crippen LogP contribution in [0.1, 0.15) is 55.6 Å². The SMILES string of the molecule is CC[C@@H](C)OC(=O)c1ccc([SH]2NN(c3ccc(C#N)c(C(F)(F)F)c3)C(=O)C2(C)C)cc1F. The zero-order chi connectivity index (χ0) is 25.4. The summed E-state index contributed by atoms with van der Waals surface area (Å²) in [6.07, 6.45) is -4.60. The minimum absolute atomic E-state index is 0.0939. The quantitative estimate of drug-likeness (QED) is 0.334. The van der Waals surface area contributed by atoms with Gasteiger partial charge in [0.15, 0.2) is 0 Å². The number of nitriles is 1. The smallest absolute Gasteiger partial charge is 0.417 e. The van der Waals surface area contributed by atoms with E-state index in [0.29, 0.717) is 11.3 Å². The van der Waals surface area contributed by atoms with Gasteiger partial charge in [0.1, 0.15) is 5.82 Å². The molecule has 2 atom stereocenters. The molecule has 11 heteroatoms. The van der Waals surface area contributed by atoms with Crippen LogP contribution in [-0.4, -0.2) is 22.7 Å². The summed E-state index contributed by atoms with van der Waals surface area (Å²) in [7, 11) is 0. The number of alkyl halides is 3. The fraction of sp³-hybridized carbons (Fsp3) is 0.348. The molecule has 0 bridgehead atoms. The number of nitrogens with zero attached hydrogens (tertiary/aromatic N) is 2. The maximum atomic E-state index is 14.8. The largest absolute Gasteiger partial charge is 0.459 e. The number of carbonyl (C=O) groups excluding carboxylic acids is 2. The van der Waals surface area contributed by atoms with Gasteiger partial charge in [0.2, 0.25) is 0 Å². The van der Waals surface area contributed by atoms with Crippen LogP contribution in [0.2, 0.25) is 0 Å². The third kappa shape index (κ3) is 4.74. The predicted molar refractivity (Wildman–Crippen MR) is 120 cm³/mol. The highest BCUT2D eigenvalue weighted by Gasteiger charge is 2.47. The van der Waals surface area contributed by atoms with E-state index in [4.69, 9.17) is 10.00 Å². The summed E-state index contributed by atoms with van der Waals surface area (Å²) in [5.74, 6) is -2.15. The molecule has 1 aliphatic heterocycles. The summed E-state index contributed by atoms with van der Waals surface area (Å²) in [5.41, 5.74) is -2.07. The molecule has 2 aromatic rings. The lowest BCUT2D eigenvalue weighted by Gasteiger charge is -2.27. The van der Waals surface area contributed by atoms with E-state index in [2.05, 4.69) is 4.83 Å². The molecule has 1 fully saturated rings. The normalized spacial score (nSPS) is 19.6. The number of thiol groups is 1. The number of hydrogen-bond donors (Lipinski definition) is 2. The van der Waals surface area contributed by atoms with Gasteiger partial charge in [-0.1, -0.05) is 6.92 Å². The zero-order valence-electron chi connectivity index (χ0n) is 18.8. The molecule has 0 aliphatic carbocycles. The summed E-state index contributed by atoms with van der Waals surface area (Å²) in [6, 6.07) is 8.36.